The maximum atomic E-state index is 11.3. The molecule has 94 valence electrons. The molecular formula is C15H10BrNO2. The van der Waals surface area contributed by atoms with Crippen molar-refractivity contribution in [2.75, 3.05) is 0 Å². The van der Waals surface area contributed by atoms with E-state index < -0.39 is 0 Å². The Bertz CT molecular complexity index is 674. The second-order valence-electron chi connectivity index (χ2n) is 3.91. The van der Waals surface area contributed by atoms with Crippen molar-refractivity contribution in [2.24, 2.45) is 0 Å². The van der Waals surface area contributed by atoms with Crippen LogP contribution in [0, 0.1) is 11.3 Å². The number of nitriles is 1. The number of halogens is 1. The molecule has 0 radical (unpaired) electrons. The van der Waals surface area contributed by atoms with E-state index in [1.165, 1.54) is 6.92 Å². The van der Waals surface area contributed by atoms with Crippen molar-refractivity contribution in [3.63, 3.8) is 0 Å². The van der Waals surface area contributed by atoms with Crippen molar-refractivity contribution < 1.29 is 9.53 Å². The summed E-state index contributed by atoms with van der Waals surface area (Å²) >= 11 is 3.36. The summed E-state index contributed by atoms with van der Waals surface area (Å²) in [6.07, 6.45) is 0. The molecule has 0 aromatic heterocycles. The van der Waals surface area contributed by atoms with Crippen LogP contribution in [-0.2, 0) is 0 Å². The molecule has 0 amide bonds. The van der Waals surface area contributed by atoms with Crippen molar-refractivity contribution in [1.82, 2.24) is 0 Å². The van der Waals surface area contributed by atoms with Crippen LogP contribution in [0.3, 0.4) is 0 Å². The Labute approximate surface area is 119 Å². The van der Waals surface area contributed by atoms with Crippen LogP contribution in [-0.4, -0.2) is 5.78 Å². The Morgan fingerprint density at radius 2 is 1.95 bits per heavy atom. The van der Waals surface area contributed by atoms with Crippen LogP contribution in [0.4, 0.5) is 0 Å². The summed E-state index contributed by atoms with van der Waals surface area (Å²) < 4.78 is 6.36. The minimum atomic E-state index is -0.00956. The number of Topliss-reactive ketones (excluding diaryl/α,β-unsaturated/α-hetero) is 1. The highest BCUT2D eigenvalue weighted by Gasteiger charge is 2.08. The molecule has 0 aliphatic rings. The van der Waals surface area contributed by atoms with Crippen molar-refractivity contribution >= 4 is 21.7 Å². The van der Waals surface area contributed by atoms with Crippen LogP contribution in [0.15, 0.2) is 46.9 Å². The third-order valence-corrected chi connectivity index (χ3v) is 3.19. The predicted octanol–water partition coefficient (Wildman–Crippen LogP) is 4.32. The van der Waals surface area contributed by atoms with E-state index in [0.29, 0.717) is 27.1 Å². The first-order valence-electron chi connectivity index (χ1n) is 5.59. The summed E-state index contributed by atoms with van der Waals surface area (Å²) in [5, 5.41) is 9.00. The van der Waals surface area contributed by atoms with E-state index in [0.717, 1.165) is 0 Å². The van der Waals surface area contributed by atoms with Crippen molar-refractivity contribution in [3.05, 3.63) is 58.1 Å². The molecule has 0 saturated heterocycles. The van der Waals surface area contributed by atoms with Crippen LogP contribution in [0.5, 0.6) is 11.5 Å². The summed E-state index contributed by atoms with van der Waals surface area (Å²) in [4.78, 5) is 11.3. The lowest BCUT2D eigenvalue weighted by molar-refractivity contribution is 0.101. The van der Waals surface area contributed by atoms with Crippen LogP contribution >= 0.6 is 15.9 Å². The molecule has 0 unspecified atom stereocenters. The fourth-order valence-corrected chi connectivity index (χ4v) is 2.03. The molecule has 0 N–H and O–H groups in total. The van der Waals surface area contributed by atoms with Gasteiger partial charge in [0, 0.05) is 5.56 Å². The number of para-hydroxylation sites is 1. The van der Waals surface area contributed by atoms with Gasteiger partial charge in [0.1, 0.15) is 17.6 Å². The zero-order chi connectivity index (χ0) is 13.8. The lowest BCUT2D eigenvalue weighted by Gasteiger charge is -2.09. The normalized spacial score (nSPS) is 9.74. The smallest absolute Gasteiger partial charge is 0.159 e. The van der Waals surface area contributed by atoms with Crippen LogP contribution in [0.1, 0.15) is 22.8 Å². The largest absolute Gasteiger partial charge is 0.455 e. The number of carbonyl (C=O) groups is 1. The Morgan fingerprint density at radius 1 is 1.21 bits per heavy atom. The summed E-state index contributed by atoms with van der Waals surface area (Å²) in [5.41, 5.74) is 1.07. The van der Waals surface area contributed by atoms with Crippen LogP contribution in [0.25, 0.3) is 0 Å². The summed E-state index contributed by atoms with van der Waals surface area (Å²) in [6, 6.07) is 14.2. The molecule has 2 aromatic carbocycles. The van der Waals surface area contributed by atoms with E-state index in [4.69, 9.17) is 10.00 Å². The molecule has 4 heteroatoms. The highest BCUT2D eigenvalue weighted by molar-refractivity contribution is 9.10. The molecule has 2 rings (SSSR count). The first-order chi connectivity index (χ1) is 9.11. The maximum absolute atomic E-state index is 11.3. The molecule has 0 aliphatic heterocycles. The fraction of sp³-hybridized carbons (Fsp3) is 0.0667. The predicted molar refractivity (Wildman–Crippen MR) is 75.4 cm³/mol. The lowest BCUT2D eigenvalue weighted by atomic mass is 10.1. The van der Waals surface area contributed by atoms with Crippen LogP contribution in [0.2, 0.25) is 0 Å². The summed E-state index contributed by atoms with van der Waals surface area (Å²) in [5.74, 6) is 1.04. The highest BCUT2D eigenvalue weighted by atomic mass is 79.9. The average Bonchev–Trinajstić information content (AvgIpc) is 2.41. The number of benzene rings is 2. The monoisotopic (exact) mass is 315 g/mol. The van der Waals surface area contributed by atoms with Crippen molar-refractivity contribution in [2.45, 2.75) is 6.92 Å². The highest BCUT2D eigenvalue weighted by Crippen LogP contribution is 2.32. The first-order valence-corrected chi connectivity index (χ1v) is 6.38. The topological polar surface area (TPSA) is 50.1 Å². The maximum Gasteiger partial charge on any atom is 0.159 e. The number of hydrogen-bond donors (Lipinski definition) is 0. The number of ketones is 1. The van der Waals surface area contributed by atoms with E-state index in [1.807, 2.05) is 0 Å². The van der Waals surface area contributed by atoms with Gasteiger partial charge in [-0.15, -0.1) is 0 Å². The number of carbonyl (C=O) groups excluding carboxylic acids is 1. The average molecular weight is 316 g/mol. The van der Waals surface area contributed by atoms with Gasteiger partial charge in [-0.05, 0) is 53.2 Å². The Hall–Kier alpha value is -2.12. The molecule has 2 aromatic rings. The third kappa shape index (κ3) is 3.01. The minimum Gasteiger partial charge on any atom is -0.455 e. The molecule has 0 spiro atoms. The SMILES string of the molecule is CC(=O)c1ccc(Oc2ccccc2C#N)c(Br)c1. The molecular weight excluding hydrogens is 306 g/mol. The van der Waals surface area contributed by atoms with Gasteiger partial charge in [-0.1, -0.05) is 12.1 Å². The van der Waals surface area contributed by atoms with Gasteiger partial charge in [-0.2, -0.15) is 5.26 Å². The van der Waals surface area contributed by atoms with Gasteiger partial charge in [-0.3, -0.25) is 4.79 Å². The van der Waals surface area contributed by atoms with Gasteiger partial charge >= 0.3 is 0 Å². The zero-order valence-corrected chi connectivity index (χ0v) is 11.8. The van der Waals surface area contributed by atoms with Gasteiger partial charge < -0.3 is 4.74 Å². The molecule has 3 nitrogen and oxygen atoms in total. The second kappa shape index (κ2) is 5.68. The molecule has 0 atom stereocenters. The van der Waals surface area contributed by atoms with Crippen LogP contribution < -0.4 is 4.74 Å². The summed E-state index contributed by atoms with van der Waals surface area (Å²) in [7, 11) is 0. The van der Waals surface area contributed by atoms with Gasteiger partial charge in [0.05, 0.1) is 10.0 Å². The van der Waals surface area contributed by atoms with Gasteiger partial charge in [0.15, 0.2) is 5.78 Å². The van der Waals surface area contributed by atoms with Crippen molar-refractivity contribution in [1.29, 1.82) is 5.26 Å². The van der Waals surface area contributed by atoms with E-state index in [9.17, 15) is 4.79 Å². The van der Waals surface area contributed by atoms with E-state index >= 15 is 0 Å². The van der Waals surface area contributed by atoms with Gasteiger partial charge in [-0.25, -0.2) is 0 Å². The van der Waals surface area contributed by atoms with Gasteiger partial charge in [0.2, 0.25) is 0 Å². The molecule has 0 fully saturated rings. The lowest BCUT2D eigenvalue weighted by Crippen LogP contribution is -1.94. The summed E-state index contributed by atoms with van der Waals surface area (Å²) in [6.45, 7) is 1.51. The minimum absolute atomic E-state index is 0.00956. The molecule has 0 saturated carbocycles. The Balaban J connectivity index is 2.34. The van der Waals surface area contributed by atoms with E-state index in [1.54, 1.807) is 42.5 Å². The molecule has 0 heterocycles. The standard InChI is InChI=1S/C15H10BrNO2/c1-10(18)11-6-7-15(13(16)8-11)19-14-5-3-2-4-12(14)9-17/h2-8H,1H3. The molecule has 19 heavy (non-hydrogen) atoms. The third-order valence-electron chi connectivity index (χ3n) is 2.57. The quantitative estimate of drug-likeness (QED) is 0.793. The van der Waals surface area contributed by atoms with E-state index in [2.05, 4.69) is 22.0 Å². The number of nitrogens with zero attached hydrogens (tertiary/aromatic N) is 1. The molecule has 0 bridgehead atoms. The Morgan fingerprint density at radius 3 is 2.58 bits per heavy atom. The Kier molecular flexibility index (Phi) is 3.98. The van der Waals surface area contributed by atoms with E-state index in [-0.39, 0.29) is 5.78 Å². The zero-order valence-electron chi connectivity index (χ0n) is 10.2. The number of rotatable bonds is 3. The second-order valence-corrected chi connectivity index (χ2v) is 4.77. The van der Waals surface area contributed by atoms with Gasteiger partial charge in [0.25, 0.3) is 0 Å². The fourth-order valence-electron chi connectivity index (χ4n) is 1.57. The molecule has 0 aliphatic carbocycles. The number of ether oxygens (including phenoxy) is 1. The number of hydrogen-bond acceptors (Lipinski definition) is 3. The first kappa shape index (κ1) is 13.3. The van der Waals surface area contributed by atoms with Crippen molar-refractivity contribution in [3.8, 4) is 17.6 Å².